The minimum absolute atomic E-state index is 0.0547. The molecule has 2 fully saturated rings. The minimum Gasteiger partial charge on any atom is -0.497 e. The quantitative estimate of drug-likeness (QED) is 0.741. The van der Waals surface area contributed by atoms with E-state index in [1.165, 1.54) is 36.8 Å². The molecule has 2 aliphatic rings. The molecular weight excluding hydrogens is 374 g/mol. The van der Waals surface area contributed by atoms with Crippen LogP contribution in [-0.2, 0) is 4.79 Å². The molecule has 1 amide bonds. The van der Waals surface area contributed by atoms with Gasteiger partial charge >= 0.3 is 0 Å². The number of ether oxygens (including phenoxy) is 1. The summed E-state index contributed by atoms with van der Waals surface area (Å²) < 4.78 is 7.34. The van der Waals surface area contributed by atoms with Gasteiger partial charge in [0, 0.05) is 24.1 Å². The largest absolute Gasteiger partial charge is 0.497 e. The molecule has 2 saturated carbocycles. The van der Waals surface area contributed by atoms with Gasteiger partial charge in [-0.05, 0) is 75.6 Å². The smallest absolute Gasteiger partial charge is 0.222 e. The molecule has 0 saturated heterocycles. The molecule has 0 radical (unpaired) electrons. The Kier molecular flexibility index (Phi) is 5.90. The average molecular weight is 410 g/mol. The zero-order chi connectivity index (χ0) is 21.4. The van der Waals surface area contributed by atoms with Crippen molar-refractivity contribution in [3.8, 4) is 5.75 Å². The van der Waals surface area contributed by atoms with E-state index in [2.05, 4.69) is 43.3 Å². The maximum absolute atomic E-state index is 13.0. The van der Waals surface area contributed by atoms with Crippen LogP contribution in [0.1, 0.15) is 73.5 Å². The molecule has 5 atom stereocenters. The minimum atomic E-state index is 0.0547. The van der Waals surface area contributed by atoms with Crippen LogP contribution in [0, 0.1) is 32.6 Å². The van der Waals surface area contributed by atoms with Crippen molar-refractivity contribution in [2.24, 2.45) is 11.8 Å². The molecule has 5 nitrogen and oxygen atoms in total. The van der Waals surface area contributed by atoms with Gasteiger partial charge in [-0.3, -0.25) is 9.48 Å². The average Bonchev–Trinajstić information content (AvgIpc) is 3.00. The van der Waals surface area contributed by atoms with Gasteiger partial charge in [0.1, 0.15) is 5.75 Å². The molecule has 0 spiro atoms. The molecule has 162 valence electrons. The molecule has 1 aromatic carbocycles. The first kappa shape index (κ1) is 21.0. The molecule has 1 aromatic heterocycles. The van der Waals surface area contributed by atoms with Gasteiger partial charge in [0.15, 0.2) is 0 Å². The van der Waals surface area contributed by atoms with Crippen molar-refractivity contribution in [2.45, 2.75) is 77.8 Å². The van der Waals surface area contributed by atoms with Crippen LogP contribution in [0.4, 0.5) is 0 Å². The van der Waals surface area contributed by atoms with Gasteiger partial charge < -0.3 is 10.1 Å². The number of benzene rings is 1. The van der Waals surface area contributed by atoms with Gasteiger partial charge in [0.25, 0.3) is 0 Å². The van der Waals surface area contributed by atoms with E-state index in [0.717, 1.165) is 17.1 Å². The van der Waals surface area contributed by atoms with Crippen molar-refractivity contribution in [2.75, 3.05) is 7.11 Å². The summed E-state index contributed by atoms with van der Waals surface area (Å²) in [5, 5.41) is 8.07. The summed E-state index contributed by atoms with van der Waals surface area (Å²) in [6.45, 7) is 8.30. The monoisotopic (exact) mass is 409 g/mol. The fourth-order valence-electron chi connectivity index (χ4n) is 5.72. The maximum Gasteiger partial charge on any atom is 0.222 e. The number of carbonyl (C=O) groups is 1. The van der Waals surface area contributed by atoms with E-state index in [4.69, 9.17) is 4.74 Å². The Labute approximate surface area is 180 Å². The van der Waals surface area contributed by atoms with Gasteiger partial charge in [0.2, 0.25) is 5.91 Å². The lowest BCUT2D eigenvalue weighted by Gasteiger charge is -2.55. The number of carbonyl (C=O) groups excluding carboxylic acids is 1. The molecule has 0 bridgehead atoms. The number of amides is 1. The SMILES string of the molecule is COc1ccc([C@H]2[C@@H]3CCCC[C@H]3[C@@H]2NC(=O)C[C@H](C)n2nc(C)c(C)c2C)cc1. The predicted molar refractivity (Wildman–Crippen MR) is 119 cm³/mol. The first-order chi connectivity index (χ1) is 14.4. The van der Waals surface area contributed by atoms with Crippen molar-refractivity contribution in [3.63, 3.8) is 0 Å². The van der Waals surface area contributed by atoms with E-state index in [9.17, 15) is 4.79 Å². The summed E-state index contributed by atoms with van der Waals surface area (Å²) in [6.07, 6.45) is 5.56. The van der Waals surface area contributed by atoms with E-state index in [0.29, 0.717) is 24.2 Å². The second-order valence-corrected chi connectivity index (χ2v) is 9.30. The van der Waals surface area contributed by atoms with Gasteiger partial charge in [-0.1, -0.05) is 25.0 Å². The van der Waals surface area contributed by atoms with Gasteiger partial charge in [-0.25, -0.2) is 0 Å². The highest BCUT2D eigenvalue weighted by Crippen LogP contribution is 2.54. The Hall–Kier alpha value is -2.30. The summed E-state index contributed by atoms with van der Waals surface area (Å²) in [5.41, 5.74) is 4.74. The number of nitrogens with one attached hydrogen (secondary N) is 1. The Morgan fingerprint density at radius 3 is 2.43 bits per heavy atom. The lowest BCUT2D eigenvalue weighted by atomic mass is 9.53. The van der Waals surface area contributed by atoms with E-state index < -0.39 is 0 Å². The topological polar surface area (TPSA) is 56.1 Å². The van der Waals surface area contributed by atoms with E-state index in [1.54, 1.807) is 7.11 Å². The predicted octanol–water partition coefficient (Wildman–Crippen LogP) is 4.86. The van der Waals surface area contributed by atoms with Crippen LogP contribution in [0.25, 0.3) is 0 Å². The van der Waals surface area contributed by atoms with Gasteiger partial charge in [-0.15, -0.1) is 0 Å². The van der Waals surface area contributed by atoms with Crippen molar-refractivity contribution in [3.05, 3.63) is 46.8 Å². The number of hydrogen-bond acceptors (Lipinski definition) is 3. The summed E-state index contributed by atoms with van der Waals surface area (Å²) in [6, 6.07) is 8.73. The van der Waals surface area contributed by atoms with Gasteiger partial charge in [-0.2, -0.15) is 5.10 Å². The van der Waals surface area contributed by atoms with E-state index in [-0.39, 0.29) is 18.0 Å². The highest BCUT2D eigenvalue weighted by molar-refractivity contribution is 5.77. The molecule has 2 aromatic rings. The summed E-state index contributed by atoms with van der Waals surface area (Å²) >= 11 is 0. The molecule has 1 N–H and O–H groups in total. The van der Waals surface area contributed by atoms with Crippen molar-refractivity contribution in [1.82, 2.24) is 15.1 Å². The fourth-order valence-corrected chi connectivity index (χ4v) is 5.72. The number of methoxy groups -OCH3 is 1. The highest BCUT2D eigenvalue weighted by Gasteiger charge is 2.51. The first-order valence-corrected chi connectivity index (χ1v) is 11.4. The van der Waals surface area contributed by atoms with Crippen LogP contribution < -0.4 is 10.1 Å². The van der Waals surface area contributed by atoms with Crippen LogP contribution in [-0.4, -0.2) is 28.8 Å². The third-order valence-corrected chi connectivity index (χ3v) is 7.60. The molecule has 0 unspecified atom stereocenters. The highest BCUT2D eigenvalue weighted by atomic mass is 16.5. The lowest BCUT2D eigenvalue weighted by Crippen LogP contribution is -2.59. The summed E-state index contributed by atoms with van der Waals surface area (Å²) in [5.74, 6) is 2.74. The number of aryl methyl sites for hydroxylation is 1. The van der Waals surface area contributed by atoms with Crippen LogP contribution in [0.5, 0.6) is 5.75 Å². The number of rotatable bonds is 6. The van der Waals surface area contributed by atoms with Crippen molar-refractivity contribution >= 4 is 5.91 Å². The van der Waals surface area contributed by atoms with Crippen LogP contribution in [0.15, 0.2) is 24.3 Å². The van der Waals surface area contributed by atoms with Gasteiger partial charge in [0.05, 0.1) is 18.8 Å². The van der Waals surface area contributed by atoms with Crippen molar-refractivity contribution < 1.29 is 9.53 Å². The number of aromatic nitrogens is 2. The van der Waals surface area contributed by atoms with E-state index in [1.807, 2.05) is 23.7 Å². The molecule has 30 heavy (non-hydrogen) atoms. The Morgan fingerprint density at radius 1 is 1.17 bits per heavy atom. The molecular formula is C25H35N3O2. The summed E-state index contributed by atoms with van der Waals surface area (Å²) in [7, 11) is 1.70. The van der Waals surface area contributed by atoms with Crippen LogP contribution in [0.2, 0.25) is 0 Å². The second-order valence-electron chi connectivity index (χ2n) is 9.30. The third-order valence-electron chi connectivity index (χ3n) is 7.60. The zero-order valence-corrected chi connectivity index (χ0v) is 18.9. The number of fused-ring (bicyclic) bond motifs is 1. The molecule has 2 aliphatic carbocycles. The summed E-state index contributed by atoms with van der Waals surface area (Å²) in [4.78, 5) is 13.0. The van der Waals surface area contributed by atoms with Crippen LogP contribution >= 0.6 is 0 Å². The normalized spacial score (nSPS) is 26.4. The molecule has 0 aliphatic heterocycles. The maximum atomic E-state index is 13.0. The lowest BCUT2D eigenvalue weighted by molar-refractivity contribution is -0.125. The molecule has 5 heteroatoms. The fraction of sp³-hybridized carbons (Fsp3) is 0.600. The van der Waals surface area contributed by atoms with Crippen LogP contribution in [0.3, 0.4) is 0 Å². The third kappa shape index (κ3) is 3.75. The molecule has 4 rings (SSSR count). The second kappa shape index (κ2) is 8.44. The van der Waals surface area contributed by atoms with Crippen molar-refractivity contribution in [1.29, 1.82) is 0 Å². The standard InChI is InChI=1S/C25H35N3O2/c1-15(28-18(4)16(2)17(3)27-28)14-23(29)26-25-22-9-7-6-8-21(22)24(25)19-10-12-20(30-5)13-11-19/h10-13,15,21-22,24-25H,6-9,14H2,1-5H3,(H,26,29)/t15-,21+,22+,24-,25-/m0/s1. The zero-order valence-electron chi connectivity index (χ0n) is 18.9. The number of nitrogens with zero attached hydrogens (tertiary/aromatic N) is 2. The molecule has 1 heterocycles. The Bertz CT molecular complexity index is 902. The number of hydrogen-bond donors (Lipinski definition) is 1. The first-order valence-electron chi connectivity index (χ1n) is 11.4. The Morgan fingerprint density at radius 2 is 1.83 bits per heavy atom. The Balaban J connectivity index is 1.46. The van der Waals surface area contributed by atoms with E-state index >= 15 is 0 Å².